The Hall–Kier alpha value is -8.98. The molecule has 0 saturated heterocycles. The first-order valence-corrected chi connectivity index (χ1v) is 48.0. The van der Waals surface area contributed by atoms with E-state index in [2.05, 4.69) is 195 Å². The molecule has 12 rings (SSSR count). The molecule has 6 aliphatic rings. The summed E-state index contributed by atoms with van der Waals surface area (Å²) in [6.07, 6.45) is 47.2. The van der Waals surface area contributed by atoms with Crippen molar-refractivity contribution in [2.45, 2.75) is 273 Å². The topological polar surface area (TPSA) is 122 Å². The van der Waals surface area contributed by atoms with Crippen molar-refractivity contribution < 1.29 is 28.8 Å². The van der Waals surface area contributed by atoms with Gasteiger partial charge in [-0.25, -0.2) is 0 Å². The molecule has 14 heteroatoms. The SMILES string of the molecule is CCCCCCCCN1C(=O)C2=C(c3ccc(/C=C/c4ccc(C5=C6C(=O)N(CCCCCCCC)C(c7ccc(/C=C/c8ccc(C9=C%10C(=O)N(CCCCCCCC)C(c%11ccc(Br)cc%11)=C%10C(=O)N9CCCCCCCC)cc8)cc7)=C6C(=O)N5CCCCCCCC)cc4)cc3)N(CCCCCCCC)C(=O)C2=C1c1ccc(Br)cc1. The molecule has 6 aromatic rings. The van der Waals surface area contributed by atoms with Gasteiger partial charge in [0.25, 0.3) is 35.4 Å². The zero-order chi connectivity index (χ0) is 84.3. The molecule has 0 aromatic heterocycles. The van der Waals surface area contributed by atoms with Crippen LogP contribution in [-0.2, 0) is 28.8 Å². The molecule has 0 saturated carbocycles. The van der Waals surface area contributed by atoms with Gasteiger partial charge < -0.3 is 29.4 Å². The molecule has 0 spiro atoms. The number of hydrogen-bond donors (Lipinski definition) is 0. The molecule has 120 heavy (non-hydrogen) atoms. The van der Waals surface area contributed by atoms with Crippen LogP contribution in [0, 0.1) is 0 Å². The van der Waals surface area contributed by atoms with E-state index in [9.17, 15) is 0 Å². The number of unbranched alkanes of at least 4 members (excludes halogenated alkanes) is 30. The van der Waals surface area contributed by atoms with Gasteiger partial charge in [0.1, 0.15) is 0 Å². The van der Waals surface area contributed by atoms with Crippen LogP contribution in [-0.4, -0.2) is 104 Å². The predicted octanol–water partition coefficient (Wildman–Crippen LogP) is 27.1. The third-order valence-electron chi connectivity index (χ3n) is 24.9. The van der Waals surface area contributed by atoms with Gasteiger partial charge in [-0.1, -0.05) is 412 Å². The summed E-state index contributed by atoms with van der Waals surface area (Å²) in [6, 6.07) is 49.1. The maximum absolute atomic E-state index is 15.6. The van der Waals surface area contributed by atoms with Gasteiger partial charge >= 0.3 is 0 Å². The Balaban J connectivity index is 0.823. The molecule has 6 aliphatic heterocycles. The maximum atomic E-state index is 15.6. The number of fused-ring (bicyclic) bond motifs is 3. The Morgan fingerprint density at radius 2 is 0.325 bits per heavy atom. The van der Waals surface area contributed by atoms with Crippen molar-refractivity contribution in [1.29, 1.82) is 0 Å². The van der Waals surface area contributed by atoms with Gasteiger partial charge in [0.15, 0.2) is 0 Å². The smallest absolute Gasteiger partial charge is 0.261 e. The lowest BCUT2D eigenvalue weighted by molar-refractivity contribution is -0.124. The highest BCUT2D eigenvalue weighted by atomic mass is 79.9. The van der Waals surface area contributed by atoms with Gasteiger partial charge in [0, 0.05) is 48.2 Å². The molecule has 6 heterocycles. The average Bonchev–Trinajstić information content (AvgIpc) is 1.57. The minimum absolute atomic E-state index is 0.0997. The first-order valence-electron chi connectivity index (χ1n) is 46.4. The molecular formula is C106H130Br2N6O6. The van der Waals surface area contributed by atoms with Crippen LogP contribution in [0.4, 0.5) is 0 Å². The standard InChI is InChI=1S/C106H130Br2N6O6/c1-7-13-19-25-31-37-71-109-95(81-55-47-77(48-56-81)43-45-79-51-59-83(60-52-79)97-91-93(105(119)111(97)73-39-33-27-21-15-9-3)99(85-63-67-87(107)68-64-85)113(103(91)117)75-41-35-29-23-17-11-5)89-90(101(109)115)96(110(102(89)116)72-38-32-26-20-14-8-2)82-57-49-78(50-58-82)44-46-80-53-61-84(62-54-80)98-92-94(106(120)112(98)74-40-34-28-22-16-10-4)100(86-65-69-88(108)70-66-86)114(104(92)118)76-42-36-30-24-18-12-6/h43-70H,7-42,71-76H2,1-6H3/b45-43+,46-44+. The summed E-state index contributed by atoms with van der Waals surface area (Å²) in [4.78, 5) is 103. The van der Waals surface area contributed by atoms with Crippen LogP contribution in [0.5, 0.6) is 0 Å². The average molecular weight is 1740 g/mol. The minimum Gasteiger partial charge on any atom is -0.307 e. The molecular weight excluding hydrogens is 1610 g/mol. The molecule has 6 amide bonds. The molecule has 634 valence electrons. The van der Waals surface area contributed by atoms with Gasteiger partial charge in [0.2, 0.25) is 0 Å². The Bertz CT molecular complexity index is 4490. The molecule has 0 N–H and O–H groups in total. The summed E-state index contributed by atoms with van der Waals surface area (Å²) in [5.41, 5.74) is 16.1. The second-order valence-corrected chi connectivity index (χ2v) is 35.7. The monoisotopic (exact) mass is 1740 g/mol. The van der Waals surface area contributed by atoms with Crippen molar-refractivity contribution in [3.05, 3.63) is 244 Å². The van der Waals surface area contributed by atoms with E-state index in [1.807, 2.05) is 77.9 Å². The van der Waals surface area contributed by atoms with E-state index in [1.165, 1.54) is 89.9 Å². The normalized spacial score (nSPS) is 15.6. The van der Waals surface area contributed by atoms with Crippen LogP contribution >= 0.6 is 31.9 Å². The van der Waals surface area contributed by atoms with Gasteiger partial charge in [-0.05, 0) is 118 Å². The van der Waals surface area contributed by atoms with E-state index in [-0.39, 0.29) is 35.4 Å². The van der Waals surface area contributed by atoms with Crippen LogP contribution in [0.1, 0.15) is 328 Å². The second kappa shape index (κ2) is 45.8. The summed E-state index contributed by atoms with van der Waals surface area (Å²) in [5.74, 6) is -0.657. The summed E-state index contributed by atoms with van der Waals surface area (Å²) in [5, 5.41) is 0. The van der Waals surface area contributed by atoms with Crippen molar-refractivity contribution in [1.82, 2.24) is 29.4 Å². The minimum atomic E-state index is -0.129. The summed E-state index contributed by atoms with van der Waals surface area (Å²) >= 11 is 7.25. The van der Waals surface area contributed by atoms with Gasteiger partial charge in [-0.15, -0.1) is 0 Å². The van der Waals surface area contributed by atoms with E-state index in [1.54, 1.807) is 0 Å². The number of rotatable bonds is 52. The fourth-order valence-corrected chi connectivity index (χ4v) is 18.7. The second-order valence-electron chi connectivity index (χ2n) is 33.9. The maximum Gasteiger partial charge on any atom is 0.261 e. The highest BCUT2D eigenvalue weighted by Gasteiger charge is 2.52. The quantitative estimate of drug-likeness (QED) is 0.0277. The molecule has 12 nitrogen and oxygen atoms in total. The zero-order valence-corrected chi connectivity index (χ0v) is 75.9. The number of carbonyl (C=O) groups is 6. The molecule has 0 atom stereocenters. The number of benzene rings is 6. The zero-order valence-electron chi connectivity index (χ0n) is 72.8. The highest BCUT2D eigenvalue weighted by Crippen LogP contribution is 2.51. The van der Waals surface area contributed by atoms with Gasteiger partial charge in [0.05, 0.1) is 67.6 Å². The molecule has 0 bridgehead atoms. The summed E-state index contributed by atoms with van der Waals surface area (Å²) < 4.78 is 1.88. The van der Waals surface area contributed by atoms with Gasteiger partial charge in [-0.3, -0.25) is 28.8 Å². The van der Waals surface area contributed by atoms with Gasteiger partial charge in [-0.2, -0.15) is 0 Å². The lowest BCUT2D eigenvalue weighted by Gasteiger charge is -2.25. The van der Waals surface area contributed by atoms with Crippen molar-refractivity contribution in [2.75, 3.05) is 39.3 Å². The molecule has 0 unspecified atom stereocenters. The third-order valence-corrected chi connectivity index (χ3v) is 25.9. The van der Waals surface area contributed by atoms with E-state index in [4.69, 9.17) is 0 Å². The molecule has 0 radical (unpaired) electrons. The third kappa shape index (κ3) is 21.9. The molecule has 6 aromatic carbocycles. The number of hydrogen-bond acceptors (Lipinski definition) is 6. The van der Waals surface area contributed by atoms with E-state index in [0.717, 1.165) is 217 Å². The number of nitrogens with zero attached hydrogens (tertiary/aromatic N) is 6. The molecule has 0 aliphatic carbocycles. The lowest BCUT2D eigenvalue weighted by Crippen LogP contribution is -2.31. The van der Waals surface area contributed by atoms with Crippen molar-refractivity contribution in [3.63, 3.8) is 0 Å². The van der Waals surface area contributed by atoms with E-state index >= 15 is 28.8 Å². The Morgan fingerprint density at radius 1 is 0.192 bits per heavy atom. The van der Waals surface area contributed by atoms with Crippen molar-refractivity contribution in [2.24, 2.45) is 0 Å². The number of halogens is 2. The van der Waals surface area contributed by atoms with E-state index < -0.39 is 0 Å². The van der Waals surface area contributed by atoms with Crippen LogP contribution in [0.3, 0.4) is 0 Å². The largest absolute Gasteiger partial charge is 0.307 e. The fourth-order valence-electron chi connectivity index (χ4n) is 18.2. The van der Waals surface area contributed by atoms with Crippen LogP contribution in [0.25, 0.3) is 58.5 Å². The van der Waals surface area contributed by atoms with Crippen LogP contribution < -0.4 is 0 Å². The fraction of sp³-hybridized carbons (Fsp3) is 0.453. The molecule has 0 fully saturated rings. The van der Waals surface area contributed by atoms with Crippen molar-refractivity contribution in [3.8, 4) is 0 Å². The highest BCUT2D eigenvalue weighted by molar-refractivity contribution is 9.10. The summed E-state index contributed by atoms with van der Waals surface area (Å²) in [6.45, 7) is 16.5. The lowest BCUT2D eigenvalue weighted by atomic mass is 10.00. The summed E-state index contributed by atoms with van der Waals surface area (Å²) in [7, 11) is 0. The van der Waals surface area contributed by atoms with Crippen LogP contribution in [0.2, 0.25) is 0 Å². The van der Waals surface area contributed by atoms with E-state index in [0.29, 0.717) is 95.5 Å². The first kappa shape index (κ1) is 90.3. The van der Waals surface area contributed by atoms with Crippen LogP contribution in [0.15, 0.2) is 188 Å². The number of amides is 6. The number of carbonyl (C=O) groups excluding carboxylic acids is 6. The Kier molecular flexibility index (Phi) is 34.4. The first-order chi connectivity index (χ1) is 58.7. The Labute approximate surface area is 734 Å². The van der Waals surface area contributed by atoms with Crippen molar-refractivity contribution >= 4 is 126 Å². The predicted molar refractivity (Wildman–Crippen MR) is 504 cm³/mol. The Morgan fingerprint density at radius 3 is 0.475 bits per heavy atom.